The van der Waals surface area contributed by atoms with Crippen molar-refractivity contribution in [1.29, 1.82) is 0 Å². The highest BCUT2D eigenvalue weighted by Crippen LogP contribution is 2.32. The van der Waals surface area contributed by atoms with Crippen LogP contribution in [0.5, 0.6) is 0 Å². The largest absolute Gasteiger partial charge is 0.388 e. The van der Waals surface area contributed by atoms with Gasteiger partial charge in [0.05, 0.1) is 11.7 Å². The average Bonchev–Trinajstić information content (AvgIpc) is 3.20. The zero-order valence-electron chi connectivity index (χ0n) is 16.9. The Morgan fingerprint density at radius 1 is 1.17 bits per heavy atom. The van der Waals surface area contributed by atoms with E-state index in [4.69, 9.17) is 4.52 Å². The summed E-state index contributed by atoms with van der Waals surface area (Å²) in [4.78, 5) is 14.9. The third-order valence-corrected chi connectivity index (χ3v) is 5.73. The third-order valence-electron chi connectivity index (χ3n) is 5.73. The SMILES string of the molecule is C[C@H](O)c1c(-c2ccc(F)cc2)noc1C(=O)N1CCC(Cc2ccccc2)CC1. The van der Waals surface area contributed by atoms with Crippen molar-refractivity contribution in [1.82, 2.24) is 10.1 Å². The lowest BCUT2D eigenvalue weighted by molar-refractivity contribution is 0.0640. The number of rotatable bonds is 5. The highest BCUT2D eigenvalue weighted by atomic mass is 19.1. The number of hydrogen-bond donors (Lipinski definition) is 1. The number of nitrogens with zero attached hydrogens (tertiary/aromatic N) is 2. The Bertz CT molecular complexity index is 991. The quantitative estimate of drug-likeness (QED) is 0.669. The number of aliphatic hydroxyl groups is 1. The topological polar surface area (TPSA) is 66.6 Å². The van der Waals surface area contributed by atoms with E-state index >= 15 is 0 Å². The number of hydrogen-bond acceptors (Lipinski definition) is 4. The lowest BCUT2D eigenvalue weighted by Crippen LogP contribution is -2.39. The van der Waals surface area contributed by atoms with Gasteiger partial charge in [-0.3, -0.25) is 4.79 Å². The van der Waals surface area contributed by atoms with Gasteiger partial charge in [0.15, 0.2) is 0 Å². The summed E-state index contributed by atoms with van der Waals surface area (Å²) in [5.41, 5.74) is 2.62. The molecule has 156 valence electrons. The second-order valence-electron chi connectivity index (χ2n) is 7.88. The van der Waals surface area contributed by atoms with Gasteiger partial charge in [0.25, 0.3) is 5.91 Å². The summed E-state index contributed by atoms with van der Waals surface area (Å²) in [6, 6.07) is 16.1. The molecule has 0 saturated carbocycles. The zero-order chi connectivity index (χ0) is 21.1. The number of aromatic nitrogens is 1. The van der Waals surface area contributed by atoms with Gasteiger partial charge in [-0.1, -0.05) is 35.5 Å². The van der Waals surface area contributed by atoms with Crippen molar-refractivity contribution < 1.29 is 18.8 Å². The molecule has 6 heteroatoms. The molecule has 5 nitrogen and oxygen atoms in total. The Balaban J connectivity index is 1.48. The number of piperidine rings is 1. The van der Waals surface area contributed by atoms with Crippen LogP contribution in [-0.4, -0.2) is 34.2 Å². The molecule has 1 aliphatic rings. The van der Waals surface area contributed by atoms with Gasteiger partial charge >= 0.3 is 0 Å². The molecule has 0 bridgehead atoms. The normalized spacial score (nSPS) is 15.9. The number of carbonyl (C=O) groups is 1. The lowest BCUT2D eigenvalue weighted by atomic mass is 9.90. The maximum absolute atomic E-state index is 13.3. The van der Waals surface area contributed by atoms with Crippen LogP contribution in [0.4, 0.5) is 4.39 Å². The molecule has 4 rings (SSSR count). The zero-order valence-corrected chi connectivity index (χ0v) is 16.9. The van der Waals surface area contributed by atoms with E-state index in [1.54, 1.807) is 24.0 Å². The van der Waals surface area contributed by atoms with Crippen LogP contribution in [0.15, 0.2) is 59.1 Å². The second kappa shape index (κ2) is 8.79. The number of amides is 1. The van der Waals surface area contributed by atoms with Gasteiger partial charge in [-0.15, -0.1) is 0 Å². The van der Waals surface area contributed by atoms with Gasteiger partial charge in [-0.25, -0.2) is 4.39 Å². The molecule has 1 aliphatic heterocycles. The molecule has 30 heavy (non-hydrogen) atoms. The Labute approximate surface area is 175 Å². The fourth-order valence-corrected chi connectivity index (χ4v) is 4.09. The highest BCUT2D eigenvalue weighted by Gasteiger charge is 2.31. The van der Waals surface area contributed by atoms with Crippen molar-refractivity contribution in [3.05, 3.63) is 77.3 Å². The summed E-state index contributed by atoms with van der Waals surface area (Å²) >= 11 is 0. The molecule has 1 aromatic heterocycles. The van der Waals surface area contributed by atoms with Crippen LogP contribution in [0, 0.1) is 11.7 Å². The van der Waals surface area contributed by atoms with Crippen LogP contribution in [0.2, 0.25) is 0 Å². The molecular formula is C24H25FN2O3. The number of likely N-dealkylation sites (tertiary alicyclic amines) is 1. The smallest absolute Gasteiger partial charge is 0.292 e. The molecule has 2 aromatic carbocycles. The molecule has 1 amide bonds. The Hall–Kier alpha value is -2.99. The molecule has 1 fully saturated rings. The maximum Gasteiger partial charge on any atom is 0.292 e. The molecule has 0 unspecified atom stereocenters. The molecule has 0 aliphatic carbocycles. The predicted octanol–water partition coefficient (Wildman–Crippen LogP) is 4.63. The molecule has 1 N–H and O–H groups in total. The van der Waals surface area contributed by atoms with Gasteiger partial charge in [-0.2, -0.15) is 0 Å². The summed E-state index contributed by atoms with van der Waals surface area (Å²) in [7, 11) is 0. The molecule has 3 aromatic rings. The summed E-state index contributed by atoms with van der Waals surface area (Å²) in [6.07, 6.45) is 1.91. The van der Waals surface area contributed by atoms with Crippen molar-refractivity contribution in [3.8, 4) is 11.3 Å². The maximum atomic E-state index is 13.3. The van der Waals surface area contributed by atoms with E-state index in [9.17, 15) is 14.3 Å². The summed E-state index contributed by atoms with van der Waals surface area (Å²) in [5.74, 6) is -0.0246. The third kappa shape index (κ3) is 4.28. The molecule has 0 spiro atoms. The predicted molar refractivity (Wildman–Crippen MR) is 111 cm³/mol. The van der Waals surface area contributed by atoms with Crippen molar-refractivity contribution in [2.24, 2.45) is 5.92 Å². The van der Waals surface area contributed by atoms with Crippen LogP contribution in [-0.2, 0) is 6.42 Å². The van der Waals surface area contributed by atoms with Crippen LogP contribution in [0.1, 0.15) is 47.6 Å². The number of halogens is 1. The number of aliphatic hydroxyl groups excluding tert-OH is 1. The molecule has 1 atom stereocenters. The van der Waals surface area contributed by atoms with Crippen molar-refractivity contribution in [2.45, 2.75) is 32.3 Å². The first-order valence-corrected chi connectivity index (χ1v) is 10.3. The number of carbonyl (C=O) groups excluding carboxylic acids is 1. The summed E-state index contributed by atoms with van der Waals surface area (Å²) in [5, 5.41) is 14.3. The fraction of sp³-hybridized carbons (Fsp3) is 0.333. The Kier molecular flexibility index (Phi) is 5.95. The van der Waals surface area contributed by atoms with Crippen molar-refractivity contribution in [2.75, 3.05) is 13.1 Å². The fourth-order valence-electron chi connectivity index (χ4n) is 4.09. The van der Waals surface area contributed by atoms with Gasteiger partial charge in [0, 0.05) is 18.7 Å². The van der Waals surface area contributed by atoms with E-state index in [1.165, 1.54) is 17.7 Å². The van der Waals surface area contributed by atoms with Gasteiger partial charge in [-0.05, 0) is 61.9 Å². The first-order chi connectivity index (χ1) is 14.5. The van der Waals surface area contributed by atoms with E-state index in [1.807, 2.05) is 18.2 Å². The molecular weight excluding hydrogens is 383 g/mol. The summed E-state index contributed by atoms with van der Waals surface area (Å²) < 4.78 is 18.6. The number of benzene rings is 2. The minimum Gasteiger partial charge on any atom is -0.388 e. The Morgan fingerprint density at radius 2 is 1.83 bits per heavy atom. The standard InChI is InChI=1S/C24H25FN2O3/c1-16(28)21-22(19-7-9-20(25)10-8-19)26-30-23(21)24(29)27-13-11-18(12-14-27)15-17-5-3-2-4-6-17/h2-10,16,18,28H,11-15H2,1H3/t16-/m0/s1. The molecule has 1 saturated heterocycles. The minimum absolute atomic E-state index is 0.0610. The average molecular weight is 408 g/mol. The summed E-state index contributed by atoms with van der Waals surface area (Å²) in [6.45, 7) is 2.85. The van der Waals surface area contributed by atoms with Crippen LogP contribution < -0.4 is 0 Å². The van der Waals surface area contributed by atoms with Gasteiger partial charge in [0.2, 0.25) is 5.76 Å². The van der Waals surface area contributed by atoms with E-state index in [0.717, 1.165) is 19.3 Å². The van der Waals surface area contributed by atoms with E-state index in [0.29, 0.717) is 35.8 Å². The van der Waals surface area contributed by atoms with Crippen LogP contribution in [0.3, 0.4) is 0 Å². The van der Waals surface area contributed by atoms with E-state index in [-0.39, 0.29) is 17.5 Å². The highest BCUT2D eigenvalue weighted by molar-refractivity contribution is 5.94. The monoisotopic (exact) mass is 408 g/mol. The van der Waals surface area contributed by atoms with Gasteiger partial charge in [0.1, 0.15) is 11.5 Å². The molecule has 0 radical (unpaired) electrons. The second-order valence-corrected chi connectivity index (χ2v) is 7.88. The van der Waals surface area contributed by atoms with Gasteiger partial charge < -0.3 is 14.5 Å². The lowest BCUT2D eigenvalue weighted by Gasteiger charge is -2.31. The molecule has 2 heterocycles. The van der Waals surface area contributed by atoms with Crippen LogP contribution >= 0.6 is 0 Å². The van der Waals surface area contributed by atoms with Crippen molar-refractivity contribution in [3.63, 3.8) is 0 Å². The van der Waals surface area contributed by atoms with Crippen molar-refractivity contribution >= 4 is 5.91 Å². The Morgan fingerprint density at radius 3 is 2.47 bits per heavy atom. The first kappa shape index (κ1) is 20.3. The first-order valence-electron chi connectivity index (χ1n) is 10.3. The van der Waals surface area contributed by atoms with E-state index in [2.05, 4.69) is 17.3 Å². The minimum atomic E-state index is -0.939. The van der Waals surface area contributed by atoms with Crippen LogP contribution in [0.25, 0.3) is 11.3 Å². The van der Waals surface area contributed by atoms with E-state index < -0.39 is 6.10 Å².